The van der Waals surface area contributed by atoms with Gasteiger partial charge in [0.25, 0.3) is 0 Å². The molecule has 0 heterocycles. The molecule has 0 aromatic heterocycles. The summed E-state index contributed by atoms with van der Waals surface area (Å²) in [7, 11) is 1.71. The fourth-order valence-corrected chi connectivity index (χ4v) is 2.17. The van der Waals surface area contributed by atoms with Gasteiger partial charge in [-0.05, 0) is 36.3 Å². The van der Waals surface area contributed by atoms with Crippen LogP contribution in [0.2, 0.25) is 0 Å². The largest absolute Gasteiger partial charge is 0.385 e. The number of hydrogen-bond donors (Lipinski definition) is 1. The Hall–Kier alpha value is -0.860. The molecule has 1 aliphatic rings. The lowest BCUT2D eigenvalue weighted by molar-refractivity contribution is 0.188. The van der Waals surface area contributed by atoms with E-state index in [1.807, 2.05) is 0 Å². The molecule has 1 aromatic carbocycles. The molecule has 2 N–H and O–H groups in total. The van der Waals surface area contributed by atoms with Crippen LogP contribution < -0.4 is 5.73 Å². The second kappa shape index (κ2) is 5.46. The van der Waals surface area contributed by atoms with Gasteiger partial charge in [-0.15, -0.1) is 0 Å². The first kappa shape index (κ1) is 11.6. The van der Waals surface area contributed by atoms with Crippen molar-refractivity contribution in [2.45, 2.75) is 37.6 Å². The molecule has 1 aliphatic carbocycles. The highest BCUT2D eigenvalue weighted by atomic mass is 16.5. The van der Waals surface area contributed by atoms with Crippen molar-refractivity contribution in [1.82, 2.24) is 0 Å². The summed E-state index contributed by atoms with van der Waals surface area (Å²) in [5.41, 5.74) is 8.78. The van der Waals surface area contributed by atoms with Gasteiger partial charge in [0.2, 0.25) is 0 Å². The van der Waals surface area contributed by atoms with Gasteiger partial charge in [-0.25, -0.2) is 0 Å². The summed E-state index contributed by atoms with van der Waals surface area (Å²) in [6.45, 7) is 0.728. The van der Waals surface area contributed by atoms with Crippen LogP contribution in [0.4, 0.5) is 0 Å². The van der Waals surface area contributed by atoms with Crippen LogP contribution in [0.5, 0.6) is 0 Å². The Morgan fingerprint density at radius 2 is 2.00 bits per heavy atom. The van der Waals surface area contributed by atoms with Gasteiger partial charge in [-0.2, -0.15) is 0 Å². The van der Waals surface area contributed by atoms with Crippen LogP contribution in [0.1, 0.15) is 48.8 Å². The molecule has 0 amide bonds. The lowest BCUT2D eigenvalue weighted by atomic mass is 9.80. The van der Waals surface area contributed by atoms with Gasteiger partial charge in [0, 0.05) is 19.8 Å². The molecule has 2 nitrogen and oxygen atoms in total. The molecular formula is C14H21NO. The summed E-state index contributed by atoms with van der Waals surface area (Å²) in [6, 6.07) is 8.94. The minimum Gasteiger partial charge on any atom is -0.385 e. The molecule has 2 heteroatoms. The van der Waals surface area contributed by atoms with Gasteiger partial charge in [0.1, 0.15) is 0 Å². The van der Waals surface area contributed by atoms with Gasteiger partial charge in [-0.1, -0.05) is 30.7 Å². The van der Waals surface area contributed by atoms with E-state index in [0.717, 1.165) is 18.9 Å². The van der Waals surface area contributed by atoms with Gasteiger partial charge < -0.3 is 10.5 Å². The third-order valence-electron chi connectivity index (χ3n) is 3.57. The molecule has 1 saturated carbocycles. The minimum atomic E-state index is 0.107. The molecule has 0 bridgehead atoms. The first-order valence-electron chi connectivity index (χ1n) is 6.15. The number of benzene rings is 1. The second-order valence-electron chi connectivity index (χ2n) is 4.68. The minimum absolute atomic E-state index is 0.107. The number of rotatable bonds is 5. The SMILES string of the molecule is COCCC(N)c1ccc(C2CCC2)cc1. The molecule has 0 radical (unpaired) electrons. The van der Waals surface area contributed by atoms with Crippen LogP contribution in [0, 0.1) is 0 Å². The third kappa shape index (κ3) is 2.63. The van der Waals surface area contributed by atoms with Crippen LogP contribution in [0.3, 0.4) is 0 Å². The summed E-state index contributed by atoms with van der Waals surface area (Å²) in [4.78, 5) is 0. The molecule has 1 aromatic rings. The van der Waals surface area contributed by atoms with Crippen molar-refractivity contribution in [3.05, 3.63) is 35.4 Å². The Balaban J connectivity index is 1.95. The fourth-order valence-electron chi connectivity index (χ4n) is 2.17. The lowest BCUT2D eigenvalue weighted by Gasteiger charge is -2.26. The van der Waals surface area contributed by atoms with Crippen LogP contribution in [-0.4, -0.2) is 13.7 Å². The average Bonchev–Trinajstić information content (AvgIpc) is 2.24. The van der Waals surface area contributed by atoms with E-state index in [4.69, 9.17) is 10.5 Å². The molecule has 2 rings (SSSR count). The zero-order valence-corrected chi connectivity index (χ0v) is 9.99. The van der Waals surface area contributed by atoms with Crippen LogP contribution >= 0.6 is 0 Å². The Labute approximate surface area is 97.8 Å². The quantitative estimate of drug-likeness (QED) is 0.826. The third-order valence-corrected chi connectivity index (χ3v) is 3.57. The summed E-state index contributed by atoms with van der Waals surface area (Å²) < 4.78 is 5.04. The van der Waals surface area contributed by atoms with E-state index >= 15 is 0 Å². The van der Waals surface area contributed by atoms with Crippen molar-refractivity contribution in [3.8, 4) is 0 Å². The highest BCUT2D eigenvalue weighted by molar-refractivity contribution is 5.28. The van der Waals surface area contributed by atoms with Crippen LogP contribution in [0.15, 0.2) is 24.3 Å². The molecule has 0 spiro atoms. The van der Waals surface area contributed by atoms with Crippen molar-refractivity contribution in [1.29, 1.82) is 0 Å². The molecule has 1 atom stereocenters. The molecule has 0 saturated heterocycles. The van der Waals surface area contributed by atoms with Crippen molar-refractivity contribution in [2.75, 3.05) is 13.7 Å². The molecular weight excluding hydrogens is 198 g/mol. The predicted molar refractivity (Wildman–Crippen MR) is 66.5 cm³/mol. The fraction of sp³-hybridized carbons (Fsp3) is 0.571. The zero-order valence-electron chi connectivity index (χ0n) is 9.99. The summed E-state index contributed by atoms with van der Waals surface area (Å²) in [6.07, 6.45) is 4.99. The predicted octanol–water partition coefficient (Wildman–Crippen LogP) is 2.99. The first-order chi connectivity index (χ1) is 7.81. The normalized spacial score (nSPS) is 18.1. The van der Waals surface area contributed by atoms with E-state index in [-0.39, 0.29) is 6.04 Å². The van der Waals surface area contributed by atoms with Gasteiger partial charge in [0.05, 0.1) is 0 Å². The van der Waals surface area contributed by atoms with Crippen LogP contribution in [-0.2, 0) is 4.74 Å². The molecule has 1 fully saturated rings. The van der Waals surface area contributed by atoms with Gasteiger partial charge in [0.15, 0.2) is 0 Å². The Kier molecular flexibility index (Phi) is 3.97. The summed E-state index contributed by atoms with van der Waals surface area (Å²) >= 11 is 0. The standard InChI is InChI=1S/C14H21NO/c1-16-10-9-14(15)13-7-5-12(6-8-13)11-3-2-4-11/h5-8,11,14H,2-4,9-10,15H2,1H3. The zero-order chi connectivity index (χ0) is 11.4. The van der Waals surface area contributed by atoms with Crippen molar-refractivity contribution in [2.24, 2.45) is 5.73 Å². The average molecular weight is 219 g/mol. The first-order valence-corrected chi connectivity index (χ1v) is 6.15. The summed E-state index contributed by atoms with van der Waals surface area (Å²) in [5.74, 6) is 0.809. The van der Waals surface area contributed by atoms with E-state index in [1.165, 1.54) is 30.4 Å². The molecule has 16 heavy (non-hydrogen) atoms. The van der Waals surface area contributed by atoms with Crippen molar-refractivity contribution < 1.29 is 4.74 Å². The Morgan fingerprint density at radius 3 is 2.50 bits per heavy atom. The van der Waals surface area contributed by atoms with Crippen molar-refractivity contribution >= 4 is 0 Å². The number of methoxy groups -OCH3 is 1. The number of hydrogen-bond acceptors (Lipinski definition) is 2. The van der Waals surface area contributed by atoms with E-state index in [0.29, 0.717) is 0 Å². The van der Waals surface area contributed by atoms with E-state index in [1.54, 1.807) is 7.11 Å². The highest BCUT2D eigenvalue weighted by Crippen LogP contribution is 2.36. The van der Waals surface area contributed by atoms with E-state index in [2.05, 4.69) is 24.3 Å². The Bertz CT molecular complexity index is 316. The lowest BCUT2D eigenvalue weighted by Crippen LogP contribution is -2.13. The maximum Gasteiger partial charge on any atom is 0.0480 e. The number of ether oxygens (including phenoxy) is 1. The van der Waals surface area contributed by atoms with Crippen LogP contribution in [0.25, 0.3) is 0 Å². The monoisotopic (exact) mass is 219 g/mol. The maximum atomic E-state index is 6.07. The molecule has 0 aliphatic heterocycles. The maximum absolute atomic E-state index is 6.07. The summed E-state index contributed by atoms with van der Waals surface area (Å²) in [5, 5.41) is 0. The van der Waals surface area contributed by atoms with Gasteiger partial charge >= 0.3 is 0 Å². The Morgan fingerprint density at radius 1 is 1.31 bits per heavy atom. The highest BCUT2D eigenvalue weighted by Gasteiger charge is 2.19. The van der Waals surface area contributed by atoms with E-state index < -0.39 is 0 Å². The van der Waals surface area contributed by atoms with Gasteiger partial charge in [-0.3, -0.25) is 0 Å². The second-order valence-corrected chi connectivity index (χ2v) is 4.68. The smallest absolute Gasteiger partial charge is 0.0480 e. The topological polar surface area (TPSA) is 35.2 Å². The number of nitrogens with two attached hydrogens (primary N) is 1. The molecule has 88 valence electrons. The van der Waals surface area contributed by atoms with E-state index in [9.17, 15) is 0 Å². The van der Waals surface area contributed by atoms with Crippen molar-refractivity contribution in [3.63, 3.8) is 0 Å². The molecule has 1 unspecified atom stereocenters.